The topological polar surface area (TPSA) is 66.0 Å². The minimum atomic E-state index is -4.74. The molecule has 108 valence electrons. The van der Waals surface area contributed by atoms with Crippen molar-refractivity contribution >= 4 is 17.0 Å². The zero-order valence-electron chi connectivity index (χ0n) is 10.5. The Balaban J connectivity index is 2.11. The predicted octanol–water partition coefficient (Wildman–Crippen LogP) is 2.90. The minimum Gasteiger partial charge on any atom is -0.406 e. The van der Waals surface area contributed by atoms with Gasteiger partial charge in [-0.15, -0.1) is 13.2 Å². The number of imidazole rings is 1. The van der Waals surface area contributed by atoms with E-state index in [-0.39, 0.29) is 11.7 Å². The van der Waals surface area contributed by atoms with Gasteiger partial charge in [0.25, 0.3) is 0 Å². The van der Waals surface area contributed by atoms with Gasteiger partial charge in [-0.2, -0.15) is 0 Å². The molecule has 3 aromatic rings. The lowest BCUT2D eigenvalue weighted by Crippen LogP contribution is -2.17. The molecule has 0 bridgehead atoms. The molecule has 3 rings (SSSR count). The van der Waals surface area contributed by atoms with Crippen LogP contribution in [0.1, 0.15) is 0 Å². The molecule has 0 radical (unpaired) electrons. The second-order valence-electron chi connectivity index (χ2n) is 4.21. The Kier molecular flexibility index (Phi) is 2.93. The Morgan fingerprint density at radius 1 is 1.19 bits per heavy atom. The molecule has 0 saturated heterocycles. The van der Waals surface area contributed by atoms with E-state index in [1.807, 2.05) is 0 Å². The van der Waals surface area contributed by atoms with Gasteiger partial charge in [0.05, 0.1) is 17.4 Å². The highest BCUT2D eigenvalue weighted by atomic mass is 19.4. The van der Waals surface area contributed by atoms with Crippen molar-refractivity contribution in [3.8, 4) is 11.4 Å². The number of nitrogens with zero attached hydrogens (tertiary/aromatic N) is 3. The highest BCUT2D eigenvalue weighted by Crippen LogP contribution is 2.27. The van der Waals surface area contributed by atoms with Crippen LogP contribution in [0.25, 0.3) is 16.7 Å². The molecule has 21 heavy (non-hydrogen) atoms. The summed E-state index contributed by atoms with van der Waals surface area (Å²) in [6, 6.07) is 7.19. The maximum atomic E-state index is 12.3. The molecule has 0 aliphatic rings. The normalized spacial score (nSPS) is 11.8. The fraction of sp³-hybridized carbons (Fsp3) is 0.0769. The second-order valence-corrected chi connectivity index (χ2v) is 4.21. The number of aromatic nitrogens is 3. The van der Waals surface area contributed by atoms with Gasteiger partial charge in [0.2, 0.25) is 5.95 Å². The number of anilines is 1. The molecule has 0 aliphatic carbocycles. The standard InChI is InChI=1S/C13H9F3N4O/c14-13(15,16)21-9-3-1-2-8(6-9)20-11-4-5-18-7-10(11)19-12(20)17/h1-7H,(H2,17,19). The quantitative estimate of drug-likeness (QED) is 0.789. The van der Waals surface area contributed by atoms with E-state index in [0.717, 1.165) is 0 Å². The van der Waals surface area contributed by atoms with Crippen LogP contribution < -0.4 is 10.5 Å². The third kappa shape index (κ3) is 2.60. The van der Waals surface area contributed by atoms with Crippen molar-refractivity contribution in [3.63, 3.8) is 0 Å². The maximum absolute atomic E-state index is 12.3. The van der Waals surface area contributed by atoms with Gasteiger partial charge in [0.1, 0.15) is 11.3 Å². The van der Waals surface area contributed by atoms with Crippen molar-refractivity contribution < 1.29 is 17.9 Å². The zero-order chi connectivity index (χ0) is 15.0. The SMILES string of the molecule is Nc1nc2cnccc2n1-c1cccc(OC(F)(F)F)c1. The van der Waals surface area contributed by atoms with Crippen molar-refractivity contribution in [2.75, 3.05) is 5.73 Å². The number of benzene rings is 1. The number of alkyl halides is 3. The molecule has 1 aromatic carbocycles. The summed E-state index contributed by atoms with van der Waals surface area (Å²) in [7, 11) is 0. The molecule has 8 heteroatoms. The van der Waals surface area contributed by atoms with E-state index in [4.69, 9.17) is 5.73 Å². The Labute approximate surface area is 116 Å². The van der Waals surface area contributed by atoms with Crippen LogP contribution in [0.5, 0.6) is 5.75 Å². The smallest absolute Gasteiger partial charge is 0.406 e. The van der Waals surface area contributed by atoms with Crippen LogP contribution >= 0.6 is 0 Å². The third-order valence-electron chi connectivity index (χ3n) is 2.79. The first kappa shape index (κ1) is 13.2. The number of fused-ring (bicyclic) bond motifs is 1. The van der Waals surface area contributed by atoms with E-state index in [1.165, 1.54) is 29.0 Å². The predicted molar refractivity (Wildman–Crippen MR) is 70.0 cm³/mol. The highest BCUT2D eigenvalue weighted by molar-refractivity contribution is 5.79. The largest absolute Gasteiger partial charge is 0.573 e. The second kappa shape index (κ2) is 4.65. The fourth-order valence-electron chi connectivity index (χ4n) is 2.04. The minimum absolute atomic E-state index is 0.155. The van der Waals surface area contributed by atoms with Gasteiger partial charge in [-0.1, -0.05) is 6.07 Å². The van der Waals surface area contributed by atoms with Gasteiger partial charge in [-0.25, -0.2) is 4.98 Å². The summed E-state index contributed by atoms with van der Waals surface area (Å²) in [6.45, 7) is 0. The van der Waals surface area contributed by atoms with Crippen LogP contribution in [0.2, 0.25) is 0 Å². The number of hydrogen-bond acceptors (Lipinski definition) is 4. The lowest BCUT2D eigenvalue weighted by Gasteiger charge is -2.11. The van der Waals surface area contributed by atoms with Gasteiger partial charge in [-0.3, -0.25) is 9.55 Å². The summed E-state index contributed by atoms with van der Waals surface area (Å²) in [6.07, 6.45) is -1.67. The van der Waals surface area contributed by atoms with E-state index in [2.05, 4.69) is 14.7 Å². The average Bonchev–Trinajstić information content (AvgIpc) is 2.72. The summed E-state index contributed by atoms with van der Waals surface area (Å²) in [4.78, 5) is 8.03. The fourth-order valence-corrected chi connectivity index (χ4v) is 2.04. The Bertz CT molecular complexity index is 797. The Hall–Kier alpha value is -2.77. The summed E-state index contributed by atoms with van der Waals surface area (Å²) >= 11 is 0. The van der Waals surface area contributed by atoms with Crippen LogP contribution in [-0.4, -0.2) is 20.9 Å². The van der Waals surface area contributed by atoms with Crippen LogP contribution in [0.3, 0.4) is 0 Å². The lowest BCUT2D eigenvalue weighted by atomic mass is 10.3. The first-order valence-corrected chi connectivity index (χ1v) is 5.88. The number of halogens is 3. The molecule has 5 nitrogen and oxygen atoms in total. The van der Waals surface area contributed by atoms with Crippen LogP contribution in [-0.2, 0) is 0 Å². The van der Waals surface area contributed by atoms with E-state index < -0.39 is 6.36 Å². The molecule has 0 spiro atoms. The summed E-state index contributed by atoms with van der Waals surface area (Å²) in [5.41, 5.74) is 7.44. The van der Waals surface area contributed by atoms with Crippen molar-refractivity contribution in [1.29, 1.82) is 0 Å². The van der Waals surface area contributed by atoms with Crippen LogP contribution in [0.4, 0.5) is 19.1 Å². The van der Waals surface area contributed by atoms with Gasteiger partial charge in [-0.05, 0) is 18.2 Å². The van der Waals surface area contributed by atoms with E-state index in [1.54, 1.807) is 18.3 Å². The molecule has 2 N–H and O–H groups in total. The molecule has 0 atom stereocenters. The van der Waals surface area contributed by atoms with Crippen LogP contribution in [0.15, 0.2) is 42.7 Å². The molecule has 0 saturated carbocycles. The molecule has 0 fully saturated rings. The first-order valence-electron chi connectivity index (χ1n) is 5.88. The number of ether oxygens (including phenoxy) is 1. The van der Waals surface area contributed by atoms with Gasteiger partial charge in [0, 0.05) is 12.3 Å². The monoisotopic (exact) mass is 294 g/mol. The molecule has 0 unspecified atom stereocenters. The van der Waals surface area contributed by atoms with Crippen molar-refractivity contribution in [1.82, 2.24) is 14.5 Å². The van der Waals surface area contributed by atoms with Gasteiger partial charge < -0.3 is 10.5 Å². The van der Waals surface area contributed by atoms with Crippen molar-refractivity contribution in [2.45, 2.75) is 6.36 Å². The maximum Gasteiger partial charge on any atom is 0.573 e. The Morgan fingerprint density at radius 2 is 2.00 bits per heavy atom. The van der Waals surface area contributed by atoms with Gasteiger partial charge >= 0.3 is 6.36 Å². The van der Waals surface area contributed by atoms with Crippen molar-refractivity contribution in [2.24, 2.45) is 0 Å². The summed E-state index contributed by atoms with van der Waals surface area (Å²) < 4.78 is 42.3. The zero-order valence-corrected chi connectivity index (χ0v) is 10.5. The lowest BCUT2D eigenvalue weighted by molar-refractivity contribution is -0.274. The molecule has 2 heterocycles. The Morgan fingerprint density at radius 3 is 2.76 bits per heavy atom. The molecule has 0 aliphatic heterocycles. The number of nitrogen functional groups attached to an aromatic ring is 1. The first-order chi connectivity index (χ1) is 9.94. The summed E-state index contributed by atoms with van der Waals surface area (Å²) in [5.74, 6) is -0.169. The summed E-state index contributed by atoms with van der Waals surface area (Å²) in [5, 5.41) is 0. The third-order valence-corrected chi connectivity index (χ3v) is 2.79. The van der Waals surface area contributed by atoms with Gasteiger partial charge in [0.15, 0.2) is 0 Å². The van der Waals surface area contributed by atoms with Crippen LogP contribution in [0, 0.1) is 0 Å². The van der Waals surface area contributed by atoms with Crippen molar-refractivity contribution in [3.05, 3.63) is 42.7 Å². The molecular formula is C13H9F3N4O. The average molecular weight is 294 g/mol. The van der Waals surface area contributed by atoms with E-state index in [9.17, 15) is 13.2 Å². The molecule has 2 aromatic heterocycles. The van der Waals surface area contributed by atoms with E-state index in [0.29, 0.717) is 16.7 Å². The highest BCUT2D eigenvalue weighted by Gasteiger charge is 2.31. The number of nitrogens with two attached hydrogens (primary N) is 1. The molecular weight excluding hydrogens is 285 g/mol. The molecule has 0 amide bonds. The van der Waals surface area contributed by atoms with E-state index >= 15 is 0 Å². The number of rotatable bonds is 2. The number of pyridine rings is 1. The number of hydrogen-bond donors (Lipinski definition) is 1.